The minimum atomic E-state index is -0.460. The SMILES string of the molecule is Cc1cc2c(c(=O)o1)[C@@H](c1ccc(-n3cccn3)cc1)CC(=O)O2. The summed E-state index contributed by atoms with van der Waals surface area (Å²) in [5, 5.41) is 4.18. The number of aromatic nitrogens is 2. The Morgan fingerprint density at radius 1 is 1.21 bits per heavy atom. The lowest BCUT2D eigenvalue weighted by atomic mass is 9.87. The van der Waals surface area contributed by atoms with Crippen LogP contribution in [-0.4, -0.2) is 15.7 Å². The Bertz CT molecular complexity index is 956. The summed E-state index contributed by atoms with van der Waals surface area (Å²) in [6.07, 6.45) is 3.66. The van der Waals surface area contributed by atoms with Gasteiger partial charge in [-0.05, 0) is 30.7 Å². The molecule has 0 bridgehead atoms. The zero-order valence-electron chi connectivity index (χ0n) is 12.9. The lowest BCUT2D eigenvalue weighted by Gasteiger charge is -2.23. The van der Waals surface area contributed by atoms with E-state index in [-0.39, 0.29) is 18.3 Å². The van der Waals surface area contributed by atoms with Gasteiger partial charge in [-0.3, -0.25) is 4.79 Å². The molecule has 120 valence electrons. The molecule has 1 atom stereocenters. The fourth-order valence-corrected chi connectivity index (χ4v) is 2.99. The third kappa shape index (κ3) is 2.42. The van der Waals surface area contributed by atoms with Crippen molar-refractivity contribution in [2.45, 2.75) is 19.3 Å². The molecule has 0 N–H and O–H groups in total. The Hall–Kier alpha value is -3.15. The van der Waals surface area contributed by atoms with Crippen LogP contribution in [0.1, 0.15) is 29.2 Å². The third-order valence-corrected chi connectivity index (χ3v) is 4.08. The van der Waals surface area contributed by atoms with Crippen LogP contribution in [0.4, 0.5) is 0 Å². The van der Waals surface area contributed by atoms with Crippen molar-refractivity contribution in [1.29, 1.82) is 0 Å². The largest absolute Gasteiger partial charge is 0.428 e. The molecule has 1 aromatic carbocycles. The van der Waals surface area contributed by atoms with Crippen molar-refractivity contribution in [3.63, 3.8) is 0 Å². The predicted molar refractivity (Wildman–Crippen MR) is 85.4 cm³/mol. The number of hydrogen-bond acceptors (Lipinski definition) is 5. The average molecular weight is 322 g/mol. The van der Waals surface area contributed by atoms with Gasteiger partial charge >= 0.3 is 11.6 Å². The van der Waals surface area contributed by atoms with Gasteiger partial charge in [0.15, 0.2) is 0 Å². The molecule has 1 aliphatic rings. The zero-order chi connectivity index (χ0) is 16.7. The van der Waals surface area contributed by atoms with Crippen LogP contribution in [0.15, 0.2) is 58.0 Å². The topological polar surface area (TPSA) is 74.3 Å². The highest BCUT2D eigenvalue weighted by atomic mass is 16.5. The van der Waals surface area contributed by atoms with E-state index in [9.17, 15) is 9.59 Å². The van der Waals surface area contributed by atoms with Crippen LogP contribution >= 0.6 is 0 Å². The first-order valence-corrected chi connectivity index (χ1v) is 7.57. The molecular weight excluding hydrogens is 308 g/mol. The first kappa shape index (κ1) is 14.4. The minimum Gasteiger partial charge on any atom is -0.428 e. The van der Waals surface area contributed by atoms with Crippen LogP contribution in [0.5, 0.6) is 5.75 Å². The van der Waals surface area contributed by atoms with Gasteiger partial charge < -0.3 is 9.15 Å². The van der Waals surface area contributed by atoms with E-state index in [1.165, 1.54) is 0 Å². The number of nitrogens with zero attached hydrogens (tertiary/aromatic N) is 2. The first-order chi connectivity index (χ1) is 11.6. The van der Waals surface area contributed by atoms with Crippen molar-refractivity contribution in [2.75, 3.05) is 0 Å². The van der Waals surface area contributed by atoms with Crippen LogP contribution in [0.25, 0.3) is 5.69 Å². The average Bonchev–Trinajstić information content (AvgIpc) is 3.08. The molecule has 6 nitrogen and oxygen atoms in total. The van der Waals surface area contributed by atoms with Gasteiger partial charge in [-0.2, -0.15) is 5.10 Å². The van der Waals surface area contributed by atoms with Crippen LogP contribution in [0.3, 0.4) is 0 Å². The number of ether oxygens (including phenoxy) is 1. The number of fused-ring (bicyclic) bond motifs is 1. The Morgan fingerprint density at radius 3 is 2.71 bits per heavy atom. The monoisotopic (exact) mass is 322 g/mol. The molecule has 0 unspecified atom stereocenters. The Kier molecular flexibility index (Phi) is 3.30. The van der Waals surface area contributed by atoms with Gasteiger partial charge in [0.25, 0.3) is 0 Å². The predicted octanol–water partition coefficient (Wildman–Crippen LogP) is 2.57. The molecule has 0 amide bonds. The maximum Gasteiger partial charge on any atom is 0.343 e. The summed E-state index contributed by atoms with van der Waals surface area (Å²) in [6.45, 7) is 1.65. The second kappa shape index (κ2) is 5.49. The van der Waals surface area contributed by atoms with Gasteiger partial charge in [-0.1, -0.05) is 12.1 Å². The number of hydrogen-bond donors (Lipinski definition) is 0. The molecule has 0 spiro atoms. The summed E-state index contributed by atoms with van der Waals surface area (Å²) < 4.78 is 12.1. The van der Waals surface area contributed by atoms with Gasteiger partial charge in [0.05, 0.1) is 17.7 Å². The summed E-state index contributed by atoms with van der Waals surface area (Å²) in [5.74, 6) is -0.0131. The normalized spacial score (nSPS) is 16.5. The van der Waals surface area contributed by atoms with Crippen molar-refractivity contribution < 1.29 is 13.9 Å². The molecule has 4 rings (SSSR count). The highest BCUT2D eigenvalue weighted by Gasteiger charge is 2.32. The van der Waals surface area contributed by atoms with Gasteiger partial charge in [-0.15, -0.1) is 0 Å². The molecule has 0 radical (unpaired) electrons. The van der Waals surface area contributed by atoms with Crippen LogP contribution in [-0.2, 0) is 4.79 Å². The number of rotatable bonds is 2. The second-order valence-corrected chi connectivity index (χ2v) is 5.70. The van der Waals surface area contributed by atoms with Crippen molar-refractivity contribution in [1.82, 2.24) is 9.78 Å². The van der Waals surface area contributed by atoms with Crippen LogP contribution in [0, 0.1) is 6.92 Å². The lowest BCUT2D eigenvalue weighted by molar-refractivity contribution is -0.135. The molecule has 3 heterocycles. The molecule has 3 aromatic rings. The molecule has 1 aliphatic heterocycles. The van der Waals surface area contributed by atoms with Crippen LogP contribution in [0.2, 0.25) is 0 Å². The molecule has 0 saturated carbocycles. The van der Waals surface area contributed by atoms with E-state index in [2.05, 4.69) is 5.10 Å². The van der Waals surface area contributed by atoms with E-state index in [0.717, 1.165) is 11.3 Å². The van der Waals surface area contributed by atoms with Crippen molar-refractivity contribution in [2.24, 2.45) is 0 Å². The summed E-state index contributed by atoms with van der Waals surface area (Å²) in [5.41, 5.74) is 1.70. The van der Waals surface area contributed by atoms with Gasteiger partial charge in [0, 0.05) is 24.4 Å². The molecule has 0 saturated heterocycles. The van der Waals surface area contributed by atoms with Crippen molar-refractivity contribution in [3.05, 3.63) is 76.1 Å². The molecular formula is C18H14N2O4. The maximum atomic E-state index is 12.3. The number of benzene rings is 1. The first-order valence-electron chi connectivity index (χ1n) is 7.57. The van der Waals surface area contributed by atoms with Crippen LogP contribution < -0.4 is 10.4 Å². The summed E-state index contributed by atoms with van der Waals surface area (Å²) in [7, 11) is 0. The van der Waals surface area contributed by atoms with Gasteiger partial charge in [0.1, 0.15) is 11.5 Å². The molecule has 6 heteroatoms. The summed E-state index contributed by atoms with van der Waals surface area (Å²) >= 11 is 0. The second-order valence-electron chi connectivity index (χ2n) is 5.70. The number of carbonyl (C=O) groups excluding carboxylic acids is 1. The van der Waals surface area contributed by atoms with Gasteiger partial charge in [0.2, 0.25) is 0 Å². The summed E-state index contributed by atoms with van der Waals surface area (Å²) in [4.78, 5) is 24.2. The van der Waals surface area contributed by atoms with Gasteiger partial charge in [-0.25, -0.2) is 9.48 Å². The Morgan fingerprint density at radius 2 is 2.00 bits per heavy atom. The molecule has 24 heavy (non-hydrogen) atoms. The fourth-order valence-electron chi connectivity index (χ4n) is 2.99. The summed E-state index contributed by atoms with van der Waals surface area (Å²) in [6, 6.07) is 11.0. The molecule has 0 fully saturated rings. The highest BCUT2D eigenvalue weighted by molar-refractivity contribution is 5.77. The van der Waals surface area contributed by atoms with E-state index in [0.29, 0.717) is 17.1 Å². The smallest absolute Gasteiger partial charge is 0.343 e. The number of aryl methyl sites for hydroxylation is 1. The van der Waals surface area contributed by atoms with E-state index < -0.39 is 5.63 Å². The minimum absolute atomic E-state index is 0.113. The number of carbonyl (C=O) groups is 1. The highest BCUT2D eigenvalue weighted by Crippen LogP contribution is 2.37. The lowest BCUT2D eigenvalue weighted by Crippen LogP contribution is -2.26. The molecule has 0 aliphatic carbocycles. The maximum absolute atomic E-state index is 12.3. The zero-order valence-corrected chi connectivity index (χ0v) is 12.9. The third-order valence-electron chi connectivity index (χ3n) is 4.08. The standard InChI is InChI=1S/C18H14N2O4/c1-11-9-15-17(18(22)23-11)14(10-16(21)24-15)12-3-5-13(6-4-12)20-8-2-7-19-20/h2-9,14H,10H2,1H3/t14-/m1/s1. The number of esters is 1. The van der Waals surface area contributed by atoms with Crippen molar-refractivity contribution >= 4 is 5.97 Å². The van der Waals surface area contributed by atoms with E-state index in [1.807, 2.05) is 36.5 Å². The Labute approximate surface area is 137 Å². The fraction of sp³-hybridized carbons (Fsp3) is 0.167. The van der Waals surface area contributed by atoms with E-state index >= 15 is 0 Å². The van der Waals surface area contributed by atoms with E-state index in [1.54, 1.807) is 23.9 Å². The molecule has 2 aromatic heterocycles. The quantitative estimate of drug-likeness (QED) is 0.678. The van der Waals surface area contributed by atoms with E-state index in [4.69, 9.17) is 9.15 Å². The van der Waals surface area contributed by atoms with Crippen molar-refractivity contribution in [3.8, 4) is 11.4 Å². The Balaban J connectivity index is 1.78.